The molecule has 2 rings (SSSR count). The minimum absolute atomic E-state index is 0.448. The van der Waals surface area contributed by atoms with E-state index in [4.69, 9.17) is 0 Å². The molecule has 82 valence electrons. The molecule has 1 saturated carbocycles. The number of hydrogen-bond donors (Lipinski definition) is 2. The first-order valence-electron chi connectivity index (χ1n) is 6.18. The lowest BCUT2D eigenvalue weighted by molar-refractivity contribution is 0.327. The summed E-state index contributed by atoms with van der Waals surface area (Å²) in [6.45, 7) is 7.13. The van der Waals surface area contributed by atoms with Crippen molar-refractivity contribution in [1.82, 2.24) is 10.6 Å². The highest BCUT2D eigenvalue weighted by Gasteiger charge is 2.30. The second-order valence-corrected chi connectivity index (χ2v) is 5.48. The van der Waals surface area contributed by atoms with Crippen molar-refractivity contribution in [3.05, 3.63) is 0 Å². The first kappa shape index (κ1) is 10.4. The highest BCUT2D eigenvalue weighted by molar-refractivity contribution is 4.91. The maximum atomic E-state index is 3.77. The zero-order valence-electron chi connectivity index (χ0n) is 9.60. The SMILES string of the molecule is CC1CCNC1CNC1(C)CCCC1. The third kappa shape index (κ3) is 2.29. The summed E-state index contributed by atoms with van der Waals surface area (Å²) in [5.41, 5.74) is 0.448. The predicted molar refractivity (Wildman–Crippen MR) is 60.4 cm³/mol. The van der Waals surface area contributed by atoms with Gasteiger partial charge in [0.05, 0.1) is 0 Å². The van der Waals surface area contributed by atoms with Gasteiger partial charge >= 0.3 is 0 Å². The van der Waals surface area contributed by atoms with Crippen molar-refractivity contribution >= 4 is 0 Å². The fourth-order valence-electron chi connectivity index (χ4n) is 2.86. The fourth-order valence-corrected chi connectivity index (χ4v) is 2.86. The number of rotatable bonds is 3. The van der Waals surface area contributed by atoms with Gasteiger partial charge in [0.1, 0.15) is 0 Å². The molecule has 2 N–H and O–H groups in total. The summed E-state index contributed by atoms with van der Waals surface area (Å²) in [6, 6.07) is 0.715. The Balaban J connectivity index is 1.75. The van der Waals surface area contributed by atoms with Gasteiger partial charge in [-0.05, 0) is 38.6 Å². The van der Waals surface area contributed by atoms with Gasteiger partial charge in [0, 0.05) is 18.1 Å². The summed E-state index contributed by atoms with van der Waals surface area (Å²) in [4.78, 5) is 0. The molecular weight excluding hydrogens is 172 g/mol. The molecule has 0 amide bonds. The number of nitrogens with one attached hydrogen (secondary N) is 2. The van der Waals surface area contributed by atoms with Gasteiger partial charge in [0.2, 0.25) is 0 Å². The van der Waals surface area contributed by atoms with Crippen LogP contribution in [0.5, 0.6) is 0 Å². The topological polar surface area (TPSA) is 24.1 Å². The Morgan fingerprint density at radius 2 is 2.07 bits per heavy atom. The summed E-state index contributed by atoms with van der Waals surface area (Å²) in [7, 11) is 0. The molecule has 2 nitrogen and oxygen atoms in total. The largest absolute Gasteiger partial charge is 0.312 e. The monoisotopic (exact) mass is 196 g/mol. The van der Waals surface area contributed by atoms with Crippen LogP contribution in [0, 0.1) is 5.92 Å². The van der Waals surface area contributed by atoms with E-state index in [1.54, 1.807) is 0 Å². The molecule has 1 aliphatic heterocycles. The summed E-state index contributed by atoms with van der Waals surface area (Å²) in [5, 5.41) is 7.35. The first-order valence-corrected chi connectivity index (χ1v) is 6.18. The second-order valence-electron chi connectivity index (χ2n) is 5.48. The Hall–Kier alpha value is -0.0800. The van der Waals surface area contributed by atoms with Crippen LogP contribution in [0.1, 0.15) is 46.0 Å². The van der Waals surface area contributed by atoms with E-state index in [-0.39, 0.29) is 0 Å². The van der Waals surface area contributed by atoms with Crippen LogP contribution in [0.3, 0.4) is 0 Å². The molecule has 2 unspecified atom stereocenters. The first-order chi connectivity index (χ1) is 6.70. The van der Waals surface area contributed by atoms with E-state index >= 15 is 0 Å². The third-order valence-corrected chi connectivity index (χ3v) is 4.15. The highest BCUT2D eigenvalue weighted by atomic mass is 15.0. The van der Waals surface area contributed by atoms with Crippen LogP contribution < -0.4 is 10.6 Å². The predicted octanol–water partition coefficient (Wildman–Crippen LogP) is 1.91. The molecular formula is C12H24N2. The molecule has 2 fully saturated rings. The van der Waals surface area contributed by atoms with Gasteiger partial charge < -0.3 is 10.6 Å². The quantitative estimate of drug-likeness (QED) is 0.720. The standard InChI is InChI=1S/C12H24N2/c1-10-5-8-13-11(10)9-14-12(2)6-3-4-7-12/h10-11,13-14H,3-9H2,1-2H3. The normalized spacial score (nSPS) is 36.4. The van der Waals surface area contributed by atoms with Gasteiger partial charge in [-0.2, -0.15) is 0 Å². The van der Waals surface area contributed by atoms with Crippen LogP contribution in [0.2, 0.25) is 0 Å². The van der Waals surface area contributed by atoms with Crippen LogP contribution in [-0.4, -0.2) is 24.7 Å². The van der Waals surface area contributed by atoms with Gasteiger partial charge in [0.25, 0.3) is 0 Å². The molecule has 1 saturated heterocycles. The maximum absolute atomic E-state index is 3.77. The van der Waals surface area contributed by atoms with E-state index in [1.165, 1.54) is 38.6 Å². The molecule has 1 heterocycles. The molecule has 2 heteroatoms. The van der Waals surface area contributed by atoms with E-state index in [0.29, 0.717) is 11.6 Å². The third-order valence-electron chi connectivity index (χ3n) is 4.15. The Labute approximate surface area is 87.8 Å². The lowest BCUT2D eigenvalue weighted by atomic mass is 9.98. The van der Waals surface area contributed by atoms with Crippen LogP contribution in [-0.2, 0) is 0 Å². The maximum Gasteiger partial charge on any atom is 0.0218 e. The van der Waals surface area contributed by atoms with Gasteiger partial charge in [0.15, 0.2) is 0 Å². The van der Waals surface area contributed by atoms with Gasteiger partial charge in [-0.25, -0.2) is 0 Å². The molecule has 2 atom stereocenters. The molecule has 0 radical (unpaired) electrons. The van der Waals surface area contributed by atoms with E-state index in [1.807, 2.05) is 0 Å². The molecule has 14 heavy (non-hydrogen) atoms. The molecule has 0 bridgehead atoms. The lowest BCUT2D eigenvalue weighted by Crippen LogP contribution is -2.47. The zero-order chi connectivity index (χ0) is 10.0. The molecule has 0 aromatic rings. The zero-order valence-corrected chi connectivity index (χ0v) is 9.60. The van der Waals surface area contributed by atoms with Crippen molar-refractivity contribution in [2.75, 3.05) is 13.1 Å². The summed E-state index contributed by atoms with van der Waals surface area (Å²) >= 11 is 0. The van der Waals surface area contributed by atoms with E-state index in [0.717, 1.165) is 12.5 Å². The Morgan fingerprint density at radius 3 is 2.64 bits per heavy atom. The van der Waals surface area contributed by atoms with Crippen molar-refractivity contribution in [2.45, 2.75) is 57.5 Å². The van der Waals surface area contributed by atoms with Crippen LogP contribution in [0.15, 0.2) is 0 Å². The van der Waals surface area contributed by atoms with Gasteiger partial charge in [-0.15, -0.1) is 0 Å². The van der Waals surface area contributed by atoms with Crippen molar-refractivity contribution in [1.29, 1.82) is 0 Å². The number of hydrogen-bond acceptors (Lipinski definition) is 2. The minimum Gasteiger partial charge on any atom is -0.312 e. The smallest absolute Gasteiger partial charge is 0.0218 e. The van der Waals surface area contributed by atoms with Crippen molar-refractivity contribution in [2.24, 2.45) is 5.92 Å². The van der Waals surface area contributed by atoms with Crippen molar-refractivity contribution in [3.63, 3.8) is 0 Å². The van der Waals surface area contributed by atoms with Crippen LogP contribution >= 0.6 is 0 Å². The molecule has 0 aromatic heterocycles. The second kappa shape index (κ2) is 4.19. The lowest BCUT2D eigenvalue weighted by Gasteiger charge is -2.28. The fraction of sp³-hybridized carbons (Fsp3) is 1.00. The summed E-state index contributed by atoms with van der Waals surface area (Å²) < 4.78 is 0. The van der Waals surface area contributed by atoms with Crippen LogP contribution in [0.25, 0.3) is 0 Å². The highest BCUT2D eigenvalue weighted by Crippen LogP contribution is 2.29. The molecule has 2 aliphatic rings. The molecule has 0 spiro atoms. The van der Waals surface area contributed by atoms with E-state index in [2.05, 4.69) is 24.5 Å². The average molecular weight is 196 g/mol. The van der Waals surface area contributed by atoms with E-state index in [9.17, 15) is 0 Å². The summed E-state index contributed by atoms with van der Waals surface area (Å²) in [5.74, 6) is 0.854. The summed E-state index contributed by atoms with van der Waals surface area (Å²) in [6.07, 6.45) is 6.92. The molecule has 1 aliphatic carbocycles. The average Bonchev–Trinajstić information content (AvgIpc) is 2.73. The van der Waals surface area contributed by atoms with Crippen LogP contribution in [0.4, 0.5) is 0 Å². The van der Waals surface area contributed by atoms with Gasteiger partial charge in [-0.3, -0.25) is 0 Å². The Bertz CT molecular complexity index is 185. The van der Waals surface area contributed by atoms with Gasteiger partial charge in [-0.1, -0.05) is 19.8 Å². The van der Waals surface area contributed by atoms with Crippen molar-refractivity contribution < 1.29 is 0 Å². The van der Waals surface area contributed by atoms with E-state index < -0.39 is 0 Å². The minimum atomic E-state index is 0.448. The Kier molecular flexibility index (Phi) is 3.13. The Morgan fingerprint density at radius 1 is 1.36 bits per heavy atom. The van der Waals surface area contributed by atoms with Crippen molar-refractivity contribution in [3.8, 4) is 0 Å². The molecule has 0 aromatic carbocycles.